The van der Waals surface area contributed by atoms with Gasteiger partial charge in [0, 0.05) is 52.8 Å². The standard InChI is InChI=1S/C37H40N2O/c1-5-19-37(4)24-28-10-6-9-21-39(28)32-18-22-38-20-8-7-11-33(38)35-26(14-17-31(32)37)12-16-30-29-15-13-27(25(2)3)23-34(29)40-36(30)35/h5-13,15-16,19-21,23,25,31-32H,14,17-18,22,24H2,1-4H3/q+2/b19-5-. The monoisotopic (exact) mass is 528 g/mol. The average Bonchev–Trinajstić information content (AvgIpc) is 3.33. The quantitative estimate of drug-likeness (QED) is 0.167. The van der Waals surface area contributed by atoms with Gasteiger partial charge in [-0.25, -0.2) is 0 Å². The van der Waals surface area contributed by atoms with Crippen LogP contribution >= 0.6 is 0 Å². The van der Waals surface area contributed by atoms with Crippen LogP contribution in [0.25, 0.3) is 33.2 Å². The molecule has 0 fully saturated rings. The molecule has 0 bridgehead atoms. The van der Waals surface area contributed by atoms with Crippen LogP contribution in [-0.4, -0.2) is 0 Å². The fraction of sp³-hybridized carbons (Fsp3) is 0.351. The fourth-order valence-electron chi connectivity index (χ4n) is 7.77. The van der Waals surface area contributed by atoms with Gasteiger partial charge in [-0.2, -0.15) is 9.13 Å². The van der Waals surface area contributed by atoms with Gasteiger partial charge < -0.3 is 4.42 Å². The van der Waals surface area contributed by atoms with Gasteiger partial charge in [0.2, 0.25) is 5.69 Å². The van der Waals surface area contributed by atoms with Crippen molar-refractivity contribution in [1.82, 2.24) is 0 Å². The molecule has 0 amide bonds. The van der Waals surface area contributed by atoms with E-state index >= 15 is 0 Å². The maximum Gasteiger partial charge on any atom is 0.216 e. The number of benzene rings is 2. The summed E-state index contributed by atoms with van der Waals surface area (Å²) in [6, 6.07) is 25.3. The van der Waals surface area contributed by atoms with E-state index in [0.29, 0.717) is 17.9 Å². The van der Waals surface area contributed by atoms with Crippen molar-refractivity contribution in [3.63, 3.8) is 0 Å². The van der Waals surface area contributed by atoms with E-state index in [1.165, 1.54) is 38.9 Å². The second-order valence-electron chi connectivity index (χ2n) is 12.6. The Bertz CT molecular complexity index is 1760. The zero-order chi connectivity index (χ0) is 27.4. The molecule has 40 heavy (non-hydrogen) atoms. The zero-order valence-electron chi connectivity index (χ0n) is 24.2. The number of aryl methyl sites for hydroxylation is 2. The highest BCUT2D eigenvalue weighted by Gasteiger charge is 2.48. The summed E-state index contributed by atoms with van der Waals surface area (Å²) in [6.07, 6.45) is 13.7. The van der Waals surface area contributed by atoms with Crippen molar-refractivity contribution in [2.45, 2.75) is 71.9 Å². The summed E-state index contributed by atoms with van der Waals surface area (Å²) in [6.45, 7) is 10.1. The Kier molecular flexibility index (Phi) is 6.14. The predicted molar refractivity (Wildman–Crippen MR) is 162 cm³/mol. The Morgan fingerprint density at radius 1 is 0.950 bits per heavy atom. The zero-order valence-corrected chi connectivity index (χ0v) is 24.2. The number of allylic oxidation sites excluding steroid dienone is 2. The van der Waals surface area contributed by atoms with Crippen LogP contribution in [0.1, 0.15) is 69.3 Å². The lowest BCUT2D eigenvalue weighted by molar-refractivity contribution is -0.760. The molecule has 0 saturated heterocycles. The first kappa shape index (κ1) is 25.3. The van der Waals surface area contributed by atoms with Crippen molar-refractivity contribution in [1.29, 1.82) is 0 Å². The molecule has 202 valence electrons. The highest BCUT2D eigenvalue weighted by molar-refractivity contribution is 6.09. The first-order valence-corrected chi connectivity index (χ1v) is 15.1. The largest absolute Gasteiger partial charge is 0.455 e. The van der Waals surface area contributed by atoms with Crippen molar-refractivity contribution >= 4 is 21.9 Å². The van der Waals surface area contributed by atoms with E-state index in [9.17, 15) is 0 Å². The van der Waals surface area contributed by atoms with Gasteiger partial charge in [-0.15, -0.1) is 0 Å². The molecule has 3 nitrogen and oxygen atoms in total. The minimum atomic E-state index is 0.126. The van der Waals surface area contributed by atoms with Crippen molar-refractivity contribution < 1.29 is 13.6 Å². The van der Waals surface area contributed by atoms with E-state index in [2.05, 4.69) is 128 Å². The van der Waals surface area contributed by atoms with Crippen LogP contribution in [0.4, 0.5) is 0 Å². The van der Waals surface area contributed by atoms with E-state index in [1.54, 1.807) is 0 Å². The number of nitrogens with zero attached hydrogens (tertiary/aromatic N) is 2. The molecule has 2 aromatic carbocycles. The average molecular weight is 529 g/mol. The van der Waals surface area contributed by atoms with Crippen LogP contribution in [-0.2, 0) is 19.4 Å². The fourth-order valence-corrected chi connectivity index (χ4v) is 7.77. The van der Waals surface area contributed by atoms with E-state index in [1.807, 2.05) is 0 Å². The van der Waals surface area contributed by atoms with Gasteiger partial charge in [0.15, 0.2) is 30.7 Å². The van der Waals surface area contributed by atoms with Crippen molar-refractivity contribution in [3.8, 4) is 11.3 Å². The third-order valence-electron chi connectivity index (χ3n) is 9.76. The van der Waals surface area contributed by atoms with Crippen LogP contribution in [0, 0.1) is 11.3 Å². The summed E-state index contributed by atoms with van der Waals surface area (Å²) >= 11 is 0. The van der Waals surface area contributed by atoms with Crippen LogP contribution in [0.15, 0.2) is 95.7 Å². The second-order valence-corrected chi connectivity index (χ2v) is 12.6. The lowest BCUT2D eigenvalue weighted by Gasteiger charge is -2.41. The third-order valence-corrected chi connectivity index (χ3v) is 9.76. The third kappa shape index (κ3) is 4.01. The molecule has 0 aliphatic carbocycles. The highest BCUT2D eigenvalue weighted by Crippen LogP contribution is 2.46. The molecular weight excluding hydrogens is 488 g/mol. The Balaban J connectivity index is 1.43. The number of furan rings is 1. The summed E-state index contributed by atoms with van der Waals surface area (Å²) in [5.74, 6) is 1.02. The molecule has 3 heteroatoms. The Morgan fingerprint density at radius 2 is 1.77 bits per heavy atom. The smallest absolute Gasteiger partial charge is 0.216 e. The SMILES string of the molecule is C/C=C\C1(C)Cc2cccc[n+]2C2CC[n+]3ccccc3-c3c(ccc4c3oc3cc(C(C)C)ccc34)CCC21. The molecule has 3 aromatic heterocycles. The van der Waals surface area contributed by atoms with Crippen molar-refractivity contribution in [2.75, 3.05) is 0 Å². The minimum absolute atomic E-state index is 0.126. The molecule has 2 aliphatic rings. The molecule has 5 heterocycles. The summed E-state index contributed by atoms with van der Waals surface area (Å²) in [5.41, 5.74) is 8.85. The van der Waals surface area contributed by atoms with Crippen LogP contribution in [0.5, 0.6) is 0 Å². The number of rotatable bonds is 2. The second kappa shape index (κ2) is 9.73. The first-order chi connectivity index (χ1) is 19.5. The number of aromatic nitrogens is 2. The highest BCUT2D eigenvalue weighted by atomic mass is 16.3. The van der Waals surface area contributed by atoms with E-state index in [-0.39, 0.29) is 5.41 Å². The Hall–Kier alpha value is -3.72. The summed E-state index contributed by atoms with van der Waals surface area (Å²) in [7, 11) is 0. The lowest BCUT2D eigenvalue weighted by atomic mass is 9.64. The van der Waals surface area contributed by atoms with Gasteiger partial charge in [-0.05, 0) is 48.9 Å². The Labute approximate surface area is 237 Å². The molecule has 5 aromatic rings. The lowest BCUT2D eigenvalue weighted by Crippen LogP contribution is -2.57. The number of pyridine rings is 2. The van der Waals surface area contributed by atoms with Crippen LogP contribution < -0.4 is 9.13 Å². The van der Waals surface area contributed by atoms with Crippen LogP contribution in [0.3, 0.4) is 0 Å². The van der Waals surface area contributed by atoms with Crippen molar-refractivity contribution in [3.05, 3.63) is 108 Å². The Morgan fingerprint density at radius 3 is 2.62 bits per heavy atom. The van der Waals surface area contributed by atoms with Gasteiger partial charge in [0.25, 0.3) is 0 Å². The minimum Gasteiger partial charge on any atom is -0.455 e. The number of fused-ring (bicyclic) bond motifs is 10. The number of hydrogen-bond acceptors (Lipinski definition) is 1. The molecule has 0 spiro atoms. The molecule has 0 saturated carbocycles. The first-order valence-electron chi connectivity index (χ1n) is 15.1. The van der Waals surface area contributed by atoms with Crippen molar-refractivity contribution in [2.24, 2.45) is 11.3 Å². The van der Waals surface area contributed by atoms with E-state index in [4.69, 9.17) is 4.42 Å². The maximum absolute atomic E-state index is 6.77. The predicted octanol–water partition coefficient (Wildman–Crippen LogP) is 8.28. The number of hydrogen-bond donors (Lipinski definition) is 0. The molecular formula is C37H40N2O+2. The molecule has 0 N–H and O–H groups in total. The summed E-state index contributed by atoms with van der Waals surface area (Å²) in [5, 5.41) is 2.43. The topological polar surface area (TPSA) is 20.9 Å². The summed E-state index contributed by atoms with van der Waals surface area (Å²) < 4.78 is 11.8. The maximum atomic E-state index is 6.77. The molecule has 0 radical (unpaired) electrons. The van der Waals surface area contributed by atoms with Gasteiger partial charge in [0.1, 0.15) is 11.2 Å². The van der Waals surface area contributed by atoms with Gasteiger partial charge in [-0.1, -0.05) is 63.3 Å². The molecule has 2 aliphatic heterocycles. The normalized spacial score (nSPS) is 22.7. The molecule has 7 rings (SSSR count). The molecule has 3 unspecified atom stereocenters. The van der Waals surface area contributed by atoms with Crippen LogP contribution in [0.2, 0.25) is 0 Å². The van der Waals surface area contributed by atoms with E-state index < -0.39 is 0 Å². The van der Waals surface area contributed by atoms with Gasteiger partial charge in [-0.3, -0.25) is 0 Å². The molecule has 3 atom stereocenters. The van der Waals surface area contributed by atoms with Gasteiger partial charge in [0.05, 0.1) is 12.0 Å². The van der Waals surface area contributed by atoms with Gasteiger partial charge >= 0.3 is 0 Å². The summed E-state index contributed by atoms with van der Waals surface area (Å²) in [4.78, 5) is 0. The van der Waals surface area contributed by atoms with E-state index in [0.717, 1.165) is 43.4 Å².